The van der Waals surface area contributed by atoms with Crippen molar-refractivity contribution in [1.29, 1.82) is 0 Å². The monoisotopic (exact) mass is 242 g/mol. The van der Waals surface area contributed by atoms with E-state index >= 15 is 0 Å². The summed E-state index contributed by atoms with van der Waals surface area (Å²) in [5, 5.41) is 13.3. The van der Waals surface area contributed by atoms with Crippen molar-refractivity contribution in [3.05, 3.63) is 0 Å². The molecule has 0 aliphatic carbocycles. The van der Waals surface area contributed by atoms with Gasteiger partial charge >= 0.3 is 0 Å². The van der Waals surface area contributed by atoms with Crippen molar-refractivity contribution >= 4 is 0 Å². The van der Waals surface area contributed by atoms with Gasteiger partial charge in [-0.1, -0.05) is 0 Å². The van der Waals surface area contributed by atoms with Gasteiger partial charge in [-0.15, -0.1) is 0 Å². The third-order valence-electron chi connectivity index (χ3n) is 3.63. The smallest absolute Gasteiger partial charge is 0.0603 e. The average molecular weight is 242 g/mol. The van der Waals surface area contributed by atoms with Gasteiger partial charge < -0.3 is 15.3 Å². The summed E-state index contributed by atoms with van der Waals surface area (Å²) in [6, 6.07) is 0.569. The Morgan fingerprint density at radius 2 is 2.12 bits per heavy atom. The molecule has 0 amide bonds. The summed E-state index contributed by atoms with van der Waals surface area (Å²) < 4.78 is 0. The minimum atomic E-state index is -0.544. The average Bonchev–Trinajstić information content (AvgIpc) is 2.24. The Balaban J connectivity index is 2.37. The van der Waals surface area contributed by atoms with Crippen molar-refractivity contribution in [2.75, 3.05) is 26.2 Å². The van der Waals surface area contributed by atoms with Crippen LogP contribution in [0.15, 0.2) is 0 Å². The highest BCUT2D eigenvalue weighted by molar-refractivity contribution is 4.76. The van der Waals surface area contributed by atoms with Crippen LogP contribution in [0.2, 0.25) is 0 Å². The molecule has 1 aliphatic rings. The fraction of sp³-hybridized carbons (Fsp3) is 1.00. The summed E-state index contributed by atoms with van der Waals surface area (Å²) >= 11 is 0. The van der Waals surface area contributed by atoms with Crippen molar-refractivity contribution in [2.24, 2.45) is 5.92 Å². The van der Waals surface area contributed by atoms with Gasteiger partial charge in [-0.3, -0.25) is 0 Å². The van der Waals surface area contributed by atoms with Gasteiger partial charge in [-0.05, 0) is 66.0 Å². The summed E-state index contributed by atoms with van der Waals surface area (Å²) in [4.78, 5) is 2.51. The summed E-state index contributed by atoms with van der Waals surface area (Å²) in [5.41, 5.74) is -0.544. The molecule has 3 heteroatoms. The molecule has 2 N–H and O–H groups in total. The van der Waals surface area contributed by atoms with Crippen molar-refractivity contribution < 1.29 is 5.11 Å². The maximum Gasteiger partial charge on any atom is 0.0603 e. The molecule has 0 radical (unpaired) electrons. The zero-order valence-electron chi connectivity index (χ0n) is 12.0. The fourth-order valence-corrected chi connectivity index (χ4v) is 2.39. The molecule has 1 rings (SSSR count). The molecule has 0 saturated carbocycles. The number of rotatable bonds is 6. The second kappa shape index (κ2) is 6.72. The van der Waals surface area contributed by atoms with Crippen LogP contribution in [0.1, 0.15) is 47.0 Å². The van der Waals surface area contributed by atoms with E-state index in [-0.39, 0.29) is 0 Å². The quantitative estimate of drug-likeness (QED) is 0.746. The van der Waals surface area contributed by atoms with E-state index in [9.17, 15) is 5.11 Å². The van der Waals surface area contributed by atoms with Crippen molar-refractivity contribution in [3.63, 3.8) is 0 Å². The molecule has 0 bridgehead atoms. The Hall–Kier alpha value is -0.120. The lowest BCUT2D eigenvalue weighted by atomic mass is 9.97. The first-order chi connectivity index (χ1) is 7.88. The molecule has 0 spiro atoms. The lowest BCUT2D eigenvalue weighted by Crippen LogP contribution is -2.42. The second-order valence-electron chi connectivity index (χ2n) is 6.36. The normalized spacial score (nSPS) is 22.4. The van der Waals surface area contributed by atoms with Crippen LogP contribution in [0.5, 0.6) is 0 Å². The first-order valence-electron chi connectivity index (χ1n) is 7.05. The van der Waals surface area contributed by atoms with Crippen molar-refractivity contribution in [1.82, 2.24) is 10.2 Å². The molecule has 0 aromatic carbocycles. The Morgan fingerprint density at radius 3 is 2.59 bits per heavy atom. The minimum absolute atomic E-state index is 0.544. The van der Waals surface area contributed by atoms with Crippen LogP contribution in [-0.2, 0) is 0 Å². The zero-order valence-corrected chi connectivity index (χ0v) is 12.0. The number of nitrogens with one attached hydrogen (secondary N) is 1. The van der Waals surface area contributed by atoms with Crippen LogP contribution < -0.4 is 5.32 Å². The van der Waals surface area contributed by atoms with Gasteiger partial charge in [0.1, 0.15) is 0 Å². The van der Waals surface area contributed by atoms with Crippen LogP contribution in [0.4, 0.5) is 0 Å². The van der Waals surface area contributed by atoms with E-state index in [1.165, 1.54) is 25.9 Å². The molecular weight excluding hydrogens is 212 g/mol. The van der Waals surface area contributed by atoms with E-state index in [0.717, 1.165) is 25.4 Å². The van der Waals surface area contributed by atoms with E-state index in [2.05, 4.69) is 24.1 Å². The van der Waals surface area contributed by atoms with Crippen molar-refractivity contribution in [2.45, 2.75) is 58.6 Å². The van der Waals surface area contributed by atoms with Gasteiger partial charge in [0.2, 0.25) is 0 Å². The van der Waals surface area contributed by atoms with Gasteiger partial charge in [0.15, 0.2) is 0 Å². The summed E-state index contributed by atoms with van der Waals surface area (Å²) in [7, 11) is 0. The SMILES string of the molecule is CC(C)N(CCC(C)(C)O)CC1CCCNC1. The van der Waals surface area contributed by atoms with E-state index in [1.54, 1.807) is 0 Å². The maximum atomic E-state index is 9.82. The van der Waals surface area contributed by atoms with Gasteiger partial charge in [0.25, 0.3) is 0 Å². The third kappa shape index (κ3) is 6.39. The van der Waals surface area contributed by atoms with E-state index in [4.69, 9.17) is 0 Å². The molecule has 1 saturated heterocycles. The van der Waals surface area contributed by atoms with Crippen LogP contribution in [0.3, 0.4) is 0 Å². The molecule has 102 valence electrons. The summed E-state index contributed by atoms with van der Waals surface area (Å²) in [6.07, 6.45) is 3.51. The highest BCUT2D eigenvalue weighted by Gasteiger charge is 2.21. The van der Waals surface area contributed by atoms with Crippen LogP contribution in [-0.4, -0.2) is 47.8 Å². The Bertz CT molecular complexity index is 205. The third-order valence-corrected chi connectivity index (χ3v) is 3.63. The molecule has 1 fully saturated rings. The number of piperidine rings is 1. The lowest BCUT2D eigenvalue weighted by molar-refractivity contribution is 0.0491. The minimum Gasteiger partial charge on any atom is -0.390 e. The first kappa shape index (κ1) is 14.9. The summed E-state index contributed by atoms with van der Waals surface area (Å²) in [6.45, 7) is 12.8. The van der Waals surface area contributed by atoms with Gasteiger partial charge in [0, 0.05) is 19.1 Å². The van der Waals surface area contributed by atoms with Crippen LogP contribution in [0.25, 0.3) is 0 Å². The molecular formula is C14H30N2O. The largest absolute Gasteiger partial charge is 0.390 e. The number of aliphatic hydroxyl groups is 1. The molecule has 0 aromatic heterocycles. The predicted molar refractivity (Wildman–Crippen MR) is 73.2 cm³/mol. The van der Waals surface area contributed by atoms with Crippen LogP contribution in [0, 0.1) is 5.92 Å². The predicted octanol–water partition coefficient (Wildman–Crippen LogP) is 1.86. The first-order valence-corrected chi connectivity index (χ1v) is 7.05. The summed E-state index contributed by atoms with van der Waals surface area (Å²) in [5.74, 6) is 0.785. The van der Waals surface area contributed by atoms with Gasteiger partial charge in [-0.2, -0.15) is 0 Å². The van der Waals surface area contributed by atoms with Crippen molar-refractivity contribution in [3.8, 4) is 0 Å². The zero-order chi connectivity index (χ0) is 12.9. The number of nitrogens with zero attached hydrogens (tertiary/aromatic N) is 1. The molecule has 1 atom stereocenters. The molecule has 1 aliphatic heterocycles. The fourth-order valence-electron chi connectivity index (χ4n) is 2.39. The van der Waals surface area contributed by atoms with E-state index < -0.39 is 5.60 Å². The number of hydrogen-bond acceptors (Lipinski definition) is 3. The highest BCUT2D eigenvalue weighted by atomic mass is 16.3. The Kier molecular flexibility index (Phi) is 5.90. The lowest BCUT2D eigenvalue weighted by Gasteiger charge is -2.34. The maximum absolute atomic E-state index is 9.82. The molecule has 0 aromatic rings. The van der Waals surface area contributed by atoms with Gasteiger partial charge in [0.05, 0.1) is 5.60 Å². The van der Waals surface area contributed by atoms with Crippen LogP contribution >= 0.6 is 0 Å². The number of hydrogen-bond donors (Lipinski definition) is 2. The topological polar surface area (TPSA) is 35.5 Å². The second-order valence-corrected chi connectivity index (χ2v) is 6.36. The molecule has 3 nitrogen and oxygen atoms in total. The highest BCUT2D eigenvalue weighted by Crippen LogP contribution is 2.16. The van der Waals surface area contributed by atoms with E-state index in [0.29, 0.717) is 6.04 Å². The Labute approximate surface area is 107 Å². The molecule has 1 unspecified atom stereocenters. The van der Waals surface area contributed by atoms with E-state index in [1.807, 2.05) is 13.8 Å². The Morgan fingerprint density at radius 1 is 1.41 bits per heavy atom. The van der Waals surface area contributed by atoms with Gasteiger partial charge in [-0.25, -0.2) is 0 Å². The molecule has 17 heavy (non-hydrogen) atoms. The standard InChI is InChI=1S/C14H30N2O/c1-12(2)16(9-7-14(3,4)17)11-13-6-5-8-15-10-13/h12-13,15,17H,5-11H2,1-4H3. The molecule has 1 heterocycles.